The molecule has 1 N–H and O–H groups in total. The van der Waals surface area contributed by atoms with E-state index in [1.807, 2.05) is 37.3 Å². The van der Waals surface area contributed by atoms with Gasteiger partial charge in [0.25, 0.3) is 0 Å². The number of hydrogen-bond donors (Lipinski definition) is 1. The lowest BCUT2D eigenvalue weighted by atomic mass is 9.85. The van der Waals surface area contributed by atoms with Gasteiger partial charge in [0.2, 0.25) is 4.45 Å². The second-order valence-electron chi connectivity index (χ2n) is 7.90. The van der Waals surface area contributed by atoms with Crippen molar-refractivity contribution in [1.82, 2.24) is 0 Å². The highest BCUT2D eigenvalue weighted by atomic mass is 32.2. The summed E-state index contributed by atoms with van der Waals surface area (Å²) in [5.41, 5.74) is -0.0691. The molecule has 1 atom stereocenters. The Labute approximate surface area is 203 Å². The van der Waals surface area contributed by atoms with E-state index in [4.69, 9.17) is 9.47 Å². The zero-order chi connectivity index (χ0) is 24.9. The Morgan fingerprint density at radius 3 is 2.24 bits per heavy atom. The summed E-state index contributed by atoms with van der Waals surface area (Å²) in [7, 11) is 0. The van der Waals surface area contributed by atoms with Gasteiger partial charge in [0.15, 0.2) is 0 Å². The summed E-state index contributed by atoms with van der Waals surface area (Å²) < 4.78 is 10.4. The number of esters is 2. The lowest BCUT2D eigenvalue weighted by Crippen LogP contribution is -2.26. The highest BCUT2D eigenvalue weighted by Gasteiger charge is 2.31. The number of unbranched alkanes of at least 4 members (excludes halogenated alkanes) is 1. The van der Waals surface area contributed by atoms with Crippen LogP contribution in [0.5, 0.6) is 0 Å². The number of hydrogen-bond acceptors (Lipinski definition) is 8. The molecular formula is C24H32O7S2. The van der Waals surface area contributed by atoms with E-state index in [1.165, 1.54) is 0 Å². The molecule has 0 aromatic heterocycles. The second kappa shape index (κ2) is 14.8. The Balaban J connectivity index is 2.51. The van der Waals surface area contributed by atoms with Crippen molar-refractivity contribution in [2.24, 2.45) is 5.41 Å². The van der Waals surface area contributed by atoms with Crippen molar-refractivity contribution in [3.8, 4) is 0 Å². The fourth-order valence-electron chi connectivity index (χ4n) is 2.58. The summed E-state index contributed by atoms with van der Waals surface area (Å²) in [5.74, 6) is -1.37. The zero-order valence-electron chi connectivity index (χ0n) is 19.5. The predicted molar refractivity (Wildman–Crippen MR) is 132 cm³/mol. The van der Waals surface area contributed by atoms with Gasteiger partial charge in [-0.25, -0.2) is 4.79 Å². The number of carboxylic acids is 1. The molecule has 33 heavy (non-hydrogen) atoms. The van der Waals surface area contributed by atoms with Crippen LogP contribution in [-0.2, 0) is 23.9 Å². The Morgan fingerprint density at radius 2 is 1.67 bits per heavy atom. The van der Waals surface area contributed by atoms with E-state index in [2.05, 4.69) is 0 Å². The van der Waals surface area contributed by atoms with Gasteiger partial charge in [0.1, 0.15) is 5.25 Å². The van der Waals surface area contributed by atoms with Gasteiger partial charge in [-0.15, -0.1) is 0 Å². The molecule has 0 heterocycles. The molecule has 0 fully saturated rings. The second-order valence-corrected chi connectivity index (χ2v) is 10.7. The first-order chi connectivity index (χ1) is 15.6. The van der Waals surface area contributed by atoms with Crippen LogP contribution in [0.3, 0.4) is 0 Å². The van der Waals surface area contributed by atoms with Crippen molar-refractivity contribution < 1.29 is 33.8 Å². The standard InChI is InChI=1S/C24H32O7S2/c1-5-32-23(29)33-17(2)20(25)30-13-9-10-14-31-21(26)19(16-24(3,4)22(27)28)15-18-11-7-6-8-12-18/h6-8,11-12,15,17H,5,9-10,13-14,16H2,1-4H3,(H,27,28)/b19-15+. The molecule has 1 unspecified atom stereocenters. The minimum Gasteiger partial charge on any atom is -0.481 e. The molecule has 0 aliphatic carbocycles. The lowest BCUT2D eigenvalue weighted by molar-refractivity contribution is -0.147. The van der Waals surface area contributed by atoms with Crippen LogP contribution < -0.4 is 0 Å². The van der Waals surface area contributed by atoms with Gasteiger partial charge in [0, 0.05) is 5.57 Å². The van der Waals surface area contributed by atoms with Crippen LogP contribution in [0.25, 0.3) is 6.08 Å². The number of carboxylic acid groups (broad SMARTS) is 1. The number of ether oxygens (including phenoxy) is 2. The Kier molecular flexibility index (Phi) is 12.9. The maximum Gasteiger partial charge on any atom is 0.334 e. The fourth-order valence-corrected chi connectivity index (χ4v) is 4.33. The third-order valence-electron chi connectivity index (χ3n) is 4.50. The molecule has 182 valence electrons. The fraction of sp³-hybridized carbons (Fsp3) is 0.500. The molecule has 0 spiro atoms. The van der Waals surface area contributed by atoms with Crippen LogP contribution in [0.4, 0.5) is 4.79 Å². The summed E-state index contributed by atoms with van der Waals surface area (Å²) in [6.45, 7) is 6.89. The number of thioether (sulfide) groups is 2. The summed E-state index contributed by atoms with van der Waals surface area (Å²) >= 11 is 2.10. The van der Waals surface area contributed by atoms with Crippen LogP contribution in [-0.4, -0.2) is 51.7 Å². The molecule has 0 saturated heterocycles. The van der Waals surface area contributed by atoms with Crippen molar-refractivity contribution in [2.45, 2.75) is 52.2 Å². The van der Waals surface area contributed by atoms with Crippen molar-refractivity contribution in [1.29, 1.82) is 0 Å². The van der Waals surface area contributed by atoms with Crippen molar-refractivity contribution in [2.75, 3.05) is 19.0 Å². The van der Waals surface area contributed by atoms with Crippen LogP contribution in [0.2, 0.25) is 0 Å². The van der Waals surface area contributed by atoms with Crippen molar-refractivity contribution in [3.63, 3.8) is 0 Å². The van der Waals surface area contributed by atoms with Crippen LogP contribution >= 0.6 is 23.5 Å². The van der Waals surface area contributed by atoms with Gasteiger partial charge in [-0.05, 0) is 57.4 Å². The molecule has 1 rings (SSSR count). The van der Waals surface area contributed by atoms with E-state index < -0.39 is 28.6 Å². The number of carbonyl (C=O) groups excluding carboxylic acids is 3. The third-order valence-corrected chi connectivity index (χ3v) is 6.40. The first-order valence-corrected chi connectivity index (χ1v) is 12.6. The van der Waals surface area contributed by atoms with Crippen LogP contribution in [0.1, 0.15) is 52.5 Å². The normalized spacial score (nSPS) is 12.7. The minimum absolute atomic E-state index is 0.0261. The summed E-state index contributed by atoms with van der Waals surface area (Å²) in [4.78, 5) is 47.6. The largest absolute Gasteiger partial charge is 0.481 e. The molecule has 0 aliphatic heterocycles. The number of benzene rings is 1. The monoisotopic (exact) mass is 496 g/mol. The predicted octanol–water partition coefficient (Wildman–Crippen LogP) is 5.43. The van der Waals surface area contributed by atoms with Gasteiger partial charge < -0.3 is 14.6 Å². The molecule has 0 bridgehead atoms. The quantitative estimate of drug-likeness (QED) is 0.217. The van der Waals surface area contributed by atoms with E-state index in [9.17, 15) is 24.3 Å². The average molecular weight is 497 g/mol. The smallest absolute Gasteiger partial charge is 0.334 e. The summed E-state index contributed by atoms with van der Waals surface area (Å²) in [6, 6.07) is 9.16. The molecule has 0 aliphatic rings. The number of rotatable bonds is 13. The van der Waals surface area contributed by atoms with Crippen molar-refractivity contribution in [3.05, 3.63) is 41.5 Å². The van der Waals surface area contributed by atoms with Gasteiger partial charge in [0.05, 0.1) is 18.6 Å². The van der Waals surface area contributed by atoms with E-state index >= 15 is 0 Å². The molecule has 0 radical (unpaired) electrons. The highest BCUT2D eigenvalue weighted by Crippen LogP contribution is 2.28. The van der Waals surface area contributed by atoms with E-state index in [1.54, 1.807) is 26.8 Å². The van der Waals surface area contributed by atoms with Gasteiger partial charge in [-0.2, -0.15) is 0 Å². The third kappa shape index (κ3) is 11.4. The summed E-state index contributed by atoms with van der Waals surface area (Å²) in [6.07, 6.45) is 2.64. The first kappa shape index (κ1) is 28.8. The number of carbonyl (C=O) groups is 4. The van der Waals surface area contributed by atoms with Gasteiger partial charge >= 0.3 is 17.9 Å². The Hall–Kier alpha value is -2.26. The Morgan fingerprint density at radius 1 is 1.06 bits per heavy atom. The molecule has 0 amide bonds. The lowest BCUT2D eigenvalue weighted by Gasteiger charge is -2.20. The highest BCUT2D eigenvalue weighted by molar-refractivity contribution is 8.38. The van der Waals surface area contributed by atoms with Crippen LogP contribution in [0.15, 0.2) is 35.9 Å². The average Bonchev–Trinajstić information content (AvgIpc) is 2.75. The van der Waals surface area contributed by atoms with Gasteiger partial charge in [-0.1, -0.05) is 60.8 Å². The van der Waals surface area contributed by atoms with E-state index in [0.717, 1.165) is 29.1 Å². The molecular weight excluding hydrogens is 464 g/mol. The molecule has 7 nitrogen and oxygen atoms in total. The summed E-state index contributed by atoms with van der Waals surface area (Å²) in [5, 5.41) is 8.86. The minimum atomic E-state index is -1.13. The maximum absolute atomic E-state index is 12.6. The van der Waals surface area contributed by atoms with E-state index in [0.29, 0.717) is 18.6 Å². The molecule has 9 heteroatoms. The number of aliphatic carboxylic acids is 1. The van der Waals surface area contributed by atoms with E-state index in [-0.39, 0.29) is 29.7 Å². The zero-order valence-corrected chi connectivity index (χ0v) is 21.1. The Bertz CT molecular complexity index is 834. The SMILES string of the molecule is CCSC(=O)SC(C)C(=O)OCCCCOC(=O)/C(=C/c1ccccc1)CC(C)(C)C(=O)O. The van der Waals surface area contributed by atoms with Gasteiger partial charge in [-0.3, -0.25) is 14.4 Å². The topological polar surface area (TPSA) is 107 Å². The molecule has 0 saturated carbocycles. The molecule has 1 aromatic rings. The van der Waals surface area contributed by atoms with Crippen LogP contribution in [0, 0.1) is 5.41 Å². The van der Waals surface area contributed by atoms with Crippen molar-refractivity contribution >= 4 is 52.0 Å². The maximum atomic E-state index is 12.6. The first-order valence-electron chi connectivity index (χ1n) is 10.7. The molecule has 1 aromatic carbocycles.